The Labute approximate surface area is 196 Å². The standard InChI is InChI=1S/C27H23N3O2S/c1-18-8-5-6-13-24(18)30-16-21(15-25(30)31)26(32)28-22-12-7-11-20(14-22)23-17-33-27(29-23)19-9-3-2-4-10-19/h2-14,17,21H,15-16H2,1H3,(H,28,32). The fraction of sp³-hybridized carbons (Fsp3) is 0.148. The number of benzene rings is 3. The van der Waals surface area contributed by atoms with Crippen LogP contribution in [0.3, 0.4) is 0 Å². The van der Waals surface area contributed by atoms with Gasteiger partial charge in [-0.15, -0.1) is 11.3 Å². The van der Waals surface area contributed by atoms with Gasteiger partial charge < -0.3 is 10.2 Å². The molecule has 1 unspecified atom stereocenters. The maximum absolute atomic E-state index is 13.0. The predicted molar refractivity (Wildman–Crippen MR) is 133 cm³/mol. The van der Waals surface area contributed by atoms with Crippen LogP contribution < -0.4 is 10.2 Å². The molecule has 33 heavy (non-hydrogen) atoms. The van der Waals surface area contributed by atoms with E-state index in [4.69, 9.17) is 4.98 Å². The molecule has 5 nitrogen and oxygen atoms in total. The monoisotopic (exact) mass is 453 g/mol. The molecule has 0 bridgehead atoms. The number of hydrogen-bond donors (Lipinski definition) is 1. The van der Waals surface area contributed by atoms with E-state index in [1.165, 1.54) is 0 Å². The number of para-hydroxylation sites is 1. The van der Waals surface area contributed by atoms with Crippen molar-refractivity contribution in [2.24, 2.45) is 5.92 Å². The highest BCUT2D eigenvalue weighted by Crippen LogP contribution is 2.31. The van der Waals surface area contributed by atoms with Gasteiger partial charge >= 0.3 is 0 Å². The first kappa shape index (κ1) is 21.1. The van der Waals surface area contributed by atoms with E-state index in [1.807, 2.05) is 91.2 Å². The normalized spacial score (nSPS) is 15.6. The molecule has 1 atom stereocenters. The van der Waals surface area contributed by atoms with Crippen LogP contribution in [0.1, 0.15) is 12.0 Å². The number of carbonyl (C=O) groups is 2. The topological polar surface area (TPSA) is 62.3 Å². The summed E-state index contributed by atoms with van der Waals surface area (Å²) in [6.07, 6.45) is 0.215. The summed E-state index contributed by atoms with van der Waals surface area (Å²) in [6, 6.07) is 25.5. The van der Waals surface area contributed by atoms with Crippen LogP contribution in [0.15, 0.2) is 84.2 Å². The summed E-state index contributed by atoms with van der Waals surface area (Å²) in [4.78, 5) is 32.0. The molecule has 2 amide bonds. The van der Waals surface area contributed by atoms with Crippen LogP contribution in [0.25, 0.3) is 21.8 Å². The first-order chi connectivity index (χ1) is 16.1. The lowest BCUT2D eigenvalue weighted by Crippen LogP contribution is -2.28. The number of hydrogen-bond acceptors (Lipinski definition) is 4. The Hall–Kier alpha value is -3.77. The van der Waals surface area contributed by atoms with Crippen LogP contribution in [-0.4, -0.2) is 23.3 Å². The number of carbonyl (C=O) groups excluding carboxylic acids is 2. The highest BCUT2D eigenvalue weighted by Gasteiger charge is 2.35. The minimum Gasteiger partial charge on any atom is -0.326 e. The third-order valence-electron chi connectivity index (χ3n) is 5.85. The van der Waals surface area contributed by atoms with Crippen LogP contribution in [-0.2, 0) is 9.59 Å². The van der Waals surface area contributed by atoms with Crippen molar-refractivity contribution in [2.45, 2.75) is 13.3 Å². The highest BCUT2D eigenvalue weighted by molar-refractivity contribution is 7.13. The van der Waals surface area contributed by atoms with Crippen LogP contribution in [0, 0.1) is 12.8 Å². The van der Waals surface area contributed by atoms with Crippen molar-refractivity contribution in [3.05, 3.63) is 89.8 Å². The van der Waals surface area contributed by atoms with Gasteiger partial charge in [0.25, 0.3) is 0 Å². The third-order valence-corrected chi connectivity index (χ3v) is 6.74. The molecule has 164 valence electrons. The van der Waals surface area contributed by atoms with E-state index >= 15 is 0 Å². The van der Waals surface area contributed by atoms with E-state index in [0.29, 0.717) is 12.2 Å². The second-order valence-electron chi connectivity index (χ2n) is 8.17. The van der Waals surface area contributed by atoms with Crippen LogP contribution in [0.2, 0.25) is 0 Å². The van der Waals surface area contributed by atoms with Gasteiger partial charge in [0.1, 0.15) is 5.01 Å². The lowest BCUT2D eigenvalue weighted by atomic mass is 10.1. The zero-order chi connectivity index (χ0) is 22.8. The summed E-state index contributed by atoms with van der Waals surface area (Å²) in [7, 11) is 0. The Morgan fingerprint density at radius 1 is 1.00 bits per heavy atom. The Morgan fingerprint density at radius 2 is 1.76 bits per heavy atom. The number of amides is 2. The van der Waals surface area contributed by atoms with Gasteiger partial charge in [-0.2, -0.15) is 0 Å². The molecule has 1 fully saturated rings. The Kier molecular flexibility index (Phi) is 5.75. The van der Waals surface area contributed by atoms with Gasteiger partial charge in [0.15, 0.2) is 0 Å². The average molecular weight is 454 g/mol. The number of rotatable bonds is 5. The second kappa shape index (κ2) is 9.00. The van der Waals surface area contributed by atoms with Gasteiger partial charge in [0.2, 0.25) is 11.8 Å². The summed E-state index contributed by atoms with van der Waals surface area (Å²) in [6.45, 7) is 2.37. The number of nitrogens with one attached hydrogen (secondary N) is 1. The zero-order valence-corrected chi connectivity index (χ0v) is 19.0. The fourth-order valence-electron chi connectivity index (χ4n) is 4.10. The van der Waals surface area contributed by atoms with Crippen molar-refractivity contribution in [1.29, 1.82) is 0 Å². The molecule has 0 radical (unpaired) electrons. The third kappa shape index (κ3) is 4.43. The number of nitrogens with zero attached hydrogens (tertiary/aromatic N) is 2. The quantitative estimate of drug-likeness (QED) is 0.417. The van der Waals surface area contributed by atoms with Crippen LogP contribution in [0.5, 0.6) is 0 Å². The van der Waals surface area contributed by atoms with Gasteiger partial charge in [-0.05, 0) is 30.7 Å². The first-order valence-corrected chi connectivity index (χ1v) is 11.7. The molecule has 2 heterocycles. The zero-order valence-electron chi connectivity index (χ0n) is 18.2. The van der Waals surface area contributed by atoms with Crippen molar-refractivity contribution in [2.75, 3.05) is 16.8 Å². The average Bonchev–Trinajstić information content (AvgIpc) is 3.48. The molecule has 6 heteroatoms. The van der Waals surface area contributed by atoms with Crippen molar-refractivity contribution < 1.29 is 9.59 Å². The van der Waals surface area contributed by atoms with Gasteiger partial charge in [0, 0.05) is 40.8 Å². The van der Waals surface area contributed by atoms with Crippen molar-refractivity contribution in [3.8, 4) is 21.8 Å². The van der Waals surface area contributed by atoms with Gasteiger partial charge in [-0.3, -0.25) is 9.59 Å². The minimum atomic E-state index is -0.385. The molecule has 1 aromatic heterocycles. The molecular formula is C27H23N3O2S. The number of anilines is 2. The largest absolute Gasteiger partial charge is 0.326 e. The summed E-state index contributed by atoms with van der Waals surface area (Å²) in [5.74, 6) is -0.543. The van der Waals surface area contributed by atoms with Gasteiger partial charge in [-0.25, -0.2) is 4.98 Å². The first-order valence-electron chi connectivity index (χ1n) is 10.9. The molecule has 0 spiro atoms. The minimum absolute atomic E-state index is 0.0193. The lowest BCUT2D eigenvalue weighted by molar-refractivity contribution is -0.122. The Bertz CT molecular complexity index is 1320. The Balaban J connectivity index is 1.29. The van der Waals surface area contributed by atoms with E-state index in [0.717, 1.165) is 33.1 Å². The number of aromatic nitrogens is 1. The molecule has 1 saturated heterocycles. The fourth-order valence-corrected chi connectivity index (χ4v) is 4.94. The molecule has 1 aliphatic heterocycles. The smallest absolute Gasteiger partial charge is 0.229 e. The number of thiazole rings is 1. The van der Waals surface area contributed by atoms with Crippen LogP contribution >= 0.6 is 11.3 Å². The SMILES string of the molecule is Cc1ccccc1N1CC(C(=O)Nc2cccc(-c3csc(-c4ccccc4)n3)c2)CC1=O. The van der Waals surface area contributed by atoms with E-state index in [1.54, 1.807) is 16.2 Å². The van der Waals surface area contributed by atoms with Crippen molar-refractivity contribution in [3.63, 3.8) is 0 Å². The predicted octanol–water partition coefficient (Wildman–Crippen LogP) is 5.78. The summed E-state index contributed by atoms with van der Waals surface area (Å²) >= 11 is 1.60. The van der Waals surface area contributed by atoms with E-state index in [-0.39, 0.29) is 24.2 Å². The molecule has 5 rings (SSSR count). The molecule has 1 aliphatic rings. The molecule has 0 aliphatic carbocycles. The molecule has 3 aromatic carbocycles. The van der Waals surface area contributed by atoms with Crippen molar-refractivity contribution >= 4 is 34.5 Å². The van der Waals surface area contributed by atoms with E-state index in [9.17, 15) is 9.59 Å². The maximum atomic E-state index is 13.0. The molecule has 1 N–H and O–H groups in total. The van der Waals surface area contributed by atoms with Gasteiger partial charge in [-0.1, -0.05) is 60.7 Å². The second-order valence-corrected chi connectivity index (χ2v) is 9.02. The Morgan fingerprint density at radius 3 is 2.58 bits per heavy atom. The van der Waals surface area contributed by atoms with Gasteiger partial charge in [0.05, 0.1) is 11.6 Å². The molecular weight excluding hydrogens is 430 g/mol. The maximum Gasteiger partial charge on any atom is 0.229 e. The molecule has 4 aromatic rings. The molecule has 0 saturated carbocycles. The van der Waals surface area contributed by atoms with E-state index in [2.05, 4.69) is 5.32 Å². The number of aryl methyl sites for hydroxylation is 1. The van der Waals surface area contributed by atoms with Crippen molar-refractivity contribution in [1.82, 2.24) is 4.98 Å². The highest BCUT2D eigenvalue weighted by atomic mass is 32.1. The summed E-state index contributed by atoms with van der Waals surface area (Å²) < 4.78 is 0. The van der Waals surface area contributed by atoms with E-state index < -0.39 is 0 Å². The lowest BCUT2D eigenvalue weighted by Gasteiger charge is -2.19. The van der Waals surface area contributed by atoms with Crippen LogP contribution in [0.4, 0.5) is 11.4 Å². The summed E-state index contributed by atoms with van der Waals surface area (Å²) in [5, 5.41) is 5.98. The summed E-state index contributed by atoms with van der Waals surface area (Å²) in [5.41, 5.74) is 5.50.